The second kappa shape index (κ2) is 9.47. The van der Waals surface area contributed by atoms with E-state index < -0.39 is 17.1 Å². The lowest BCUT2D eigenvalue weighted by Crippen LogP contribution is -2.22. The van der Waals surface area contributed by atoms with E-state index in [2.05, 4.69) is 10.3 Å². The van der Waals surface area contributed by atoms with Crippen molar-refractivity contribution < 1.29 is 19.6 Å². The number of ether oxygens (including phenoxy) is 1. The number of rotatable bonds is 8. The predicted octanol–water partition coefficient (Wildman–Crippen LogP) is 4.43. The van der Waals surface area contributed by atoms with Gasteiger partial charge in [0.15, 0.2) is 0 Å². The standard InChI is InChI=1S/C21H21N3O5S/c1-13(11-20(25)23-16-6-4-3-5-15(16)21(26)29-2)18-9-10-19(30-18)17-8-7-14(12-22-17)24(27)28/h3-10,12-13,20,23,25H,11H2,1-2H3. The highest BCUT2D eigenvalue weighted by molar-refractivity contribution is 7.15. The van der Waals surface area contributed by atoms with Crippen LogP contribution in [0.4, 0.5) is 11.4 Å². The Morgan fingerprint density at radius 1 is 1.27 bits per heavy atom. The fourth-order valence-corrected chi connectivity index (χ4v) is 4.03. The zero-order valence-corrected chi connectivity index (χ0v) is 17.3. The number of aliphatic hydroxyl groups is 1. The first-order chi connectivity index (χ1) is 14.4. The maximum atomic E-state index is 11.9. The summed E-state index contributed by atoms with van der Waals surface area (Å²) in [5.74, 6) is -0.438. The van der Waals surface area contributed by atoms with Crippen LogP contribution >= 0.6 is 11.3 Å². The van der Waals surface area contributed by atoms with Gasteiger partial charge < -0.3 is 15.2 Å². The Kier molecular flexibility index (Phi) is 6.76. The number of anilines is 1. The van der Waals surface area contributed by atoms with E-state index >= 15 is 0 Å². The molecule has 2 atom stereocenters. The van der Waals surface area contributed by atoms with Crippen LogP contribution in [0.25, 0.3) is 10.6 Å². The molecular formula is C21H21N3O5S. The van der Waals surface area contributed by atoms with Crippen molar-refractivity contribution >= 4 is 28.7 Å². The summed E-state index contributed by atoms with van der Waals surface area (Å²) in [7, 11) is 1.31. The average molecular weight is 427 g/mol. The minimum Gasteiger partial charge on any atom is -0.465 e. The summed E-state index contributed by atoms with van der Waals surface area (Å²) in [5.41, 5.74) is 1.47. The van der Waals surface area contributed by atoms with Gasteiger partial charge in [-0.3, -0.25) is 10.1 Å². The van der Waals surface area contributed by atoms with E-state index in [-0.39, 0.29) is 11.6 Å². The molecule has 2 heterocycles. The number of aliphatic hydroxyl groups excluding tert-OH is 1. The second-order valence-corrected chi connectivity index (χ2v) is 7.81. The molecule has 0 radical (unpaired) electrons. The Bertz CT molecular complexity index is 1040. The maximum Gasteiger partial charge on any atom is 0.339 e. The van der Waals surface area contributed by atoms with E-state index in [0.717, 1.165) is 9.75 Å². The highest BCUT2D eigenvalue weighted by Crippen LogP contribution is 2.33. The van der Waals surface area contributed by atoms with Crippen molar-refractivity contribution in [3.8, 4) is 10.6 Å². The summed E-state index contributed by atoms with van der Waals surface area (Å²) >= 11 is 1.52. The van der Waals surface area contributed by atoms with E-state index in [1.54, 1.807) is 30.3 Å². The van der Waals surface area contributed by atoms with E-state index in [1.807, 2.05) is 19.1 Å². The molecule has 2 unspecified atom stereocenters. The molecule has 0 aliphatic heterocycles. The second-order valence-electron chi connectivity index (χ2n) is 6.69. The fraction of sp³-hybridized carbons (Fsp3) is 0.238. The van der Waals surface area contributed by atoms with Gasteiger partial charge in [0, 0.05) is 10.9 Å². The number of pyridine rings is 1. The molecule has 3 aromatic rings. The predicted molar refractivity (Wildman–Crippen MR) is 115 cm³/mol. The summed E-state index contributed by atoms with van der Waals surface area (Å²) in [6, 6.07) is 13.8. The third-order valence-electron chi connectivity index (χ3n) is 4.55. The van der Waals surface area contributed by atoms with Crippen molar-refractivity contribution in [3.63, 3.8) is 0 Å². The highest BCUT2D eigenvalue weighted by atomic mass is 32.1. The van der Waals surface area contributed by atoms with Gasteiger partial charge in [0.2, 0.25) is 0 Å². The minimum atomic E-state index is -0.867. The van der Waals surface area contributed by atoms with Crippen LogP contribution in [-0.4, -0.2) is 34.3 Å². The van der Waals surface area contributed by atoms with Crippen molar-refractivity contribution in [2.75, 3.05) is 12.4 Å². The molecule has 0 saturated carbocycles. The molecule has 0 bridgehead atoms. The van der Waals surface area contributed by atoms with Crippen molar-refractivity contribution in [1.82, 2.24) is 4.98 Å². The summed E-state index contributed by atoms with van der Waals surface area (Å²) < 4.78 is 4.77. The number of methoxy groups -OCH3 is 1. The molecule has 0 aliphatic rings. The number of aromatic nitrogens is 1. The Morgan fingerprint density at radius 2 is 2.03 bits per heavy atom. The third kappa shape index (κ3) is 5.00. The lowest BCUT2D eigenvalue weighted by Gasteiger charge is -2.19. The Hall–Kier alpha value is -3.30. The first-order valence-corrected chi connectivity index (χ1v) is 10.0. The molecule has 9 heteroatoms. The number of nitrogens with zero attached hydrogens (tertiary/aromatic N) is 2. The lowest BCUT2D eigenvalue weighted by atomic mass is 10.0. The van der Waals surface area contributed by atoms with Gasteiger partial charge in [-0.05, 0) is 42.7 Å². The largest absolute Gasteiger partial charge is 0.465 e. The first kappa shape index (κ1) is 21.4. The monoisotopic (exact) mass is 427 g/mol. The summed E-state index contributed by atoms with van der Waals surface area (Å²) in [6.45, 7) is 2.00. The summed E-state index contributed by atoms with van der Waals surface area (Å²) in [5, 5.41) is 24.2. The number of para-hydroxylation sites is 1. The molecule has 2 aromatic heterocycles. The van der Waals surface area contributed by atoms with Crippen molar-refractivity contribution in [2.45, 2.75) is 25.5 Å². The van der Waals surface area contributed by atoms with Crippen LogP contribution in [0.3, 0.4) is 0 Å². The molecule has 0 aliphatic carbocycles. The molecule has 0 amide bonds. The van der Waals surface area contributed by atoms with Crippen LogP contribution in [0.5, 0.6) is 0 Å². The number of benzene rings is 1. The number of hydrogen-bond donors (Lipinski definition) is 2. The van der Waals surface area contributed by atoms with Gasteiger partial charge in [-0.25, -0.2) is 9.78 Å². The molecule has 8 nitrogen and oxygen atoms in total. The van der Waals surface area contributed by atoms with Gasteiger partial charge in [-0.15, -0.1) is 11.3 Å². The minimum absolute atomic E-state index is 0.0367. The zero-order valence-electron chi connectivity index (χ0n) is 16.4. The van der Waals surface area contributed by atoms with Crippen LogP contribution in [0.1, 0.15) is 34.5 Å². The summed E-state index contributed by atoms with van der Waals surface area (Å²) in [4.78, 5) is 28.3. The Labute approximate surface area is 177 Å². The van der Waals surface area contributed by atoms with Gasteiger partial charge in [-0.1, -0.05) is 19.1 Å². The van der Waals surface area contributed by atoms with Crippen molar-refractivity contribution in [1.29, 1.82) is 0 Å². The molecule has 0 spiro atoms. The first-order valence-electron chi connectivity index (χ1n) is 9.21. The number of nitrogens with one attached hydrogen (secondary N) is 1. The molecule has 3 rings (SSSR count). The Morgan fingerprint density at radius 3 is 2.70 bits per heavy atom. The zero-order chi connectivity index (χ0) is 21.7. The molecular weight excluding hydrogens is 406 g/mol. The van der Waals surface area contributed by atoms with Crippen LogP contribution in [0.15, 0.2) is 54.7 Å². The third-order valence-corrected chi connectivity index (χ3v) is 5.89. The number of thiophene rings is 1. The van der Waals surface area contributed by atoms with Gasteiger partial charge in [0.1, 0.15) is 12.4 Å². The van der Waals surface area contributed by atoms with Crippen LogP contribution < -0.4 is 5.32 Å². The van der Waals surface area contributed by atoms with Crippen LogP contribution in [-0.2, 0) is 4.74 Å². The number of carbonyl (C=O) groups excluding carboxylic acids is 1. The number of carbonyl (C=O) groups is 1. The topological polar surface area (TPSA) is 115 Å². The van der Waals surface area contributed by atoms with E-state index in [4.69, 9.17) is 4.74 Å². The van der Waals surface area contributed by atoms with Crippen LogP contribution in [0, 0.1) is 10.1 Å². The van der Waals surface area contributed by atoms with Crippen molar-refractivity contribution in [3.05, 3.63) is 75.3 Å². The smallest absolute Gasteiger partial charge is 0.339 e. The van der Waals surface area contributed by atoms with Crippen molar-refractivity contribution in [2.24, 2.45) is 0 Å². The van der Waals surface area contributed by atoms with Gasteiger partial charge >= 0.3 is 5.97 Å². The number of esters is 1. The molecule has 0 saturated heterocycles. The van der Waals surface area contributed by atoms with E-state index in [1.165, 1.54) is 30.7 Å². The lowest BCUT2D eigenvalue weighted by molar-refractivity contribution is -0.385. The normalized spacial score (nSPS) is 12.8. The van der Waals surface area contributed by atoms with E-state index in [9.17, 15) is 20.0 Å². The number of nitro groups is 1. The molecule has 30 heavy (non-hydrogen) atoms. The molecule has 0 fully saturated rings. The maximum absolute atomic E-state index is 11.9. The highest BCUT2D eigenvalue weighted by Gasteiger charge is 2.18. The van der Waals surface area contributed by atoms with Gasteiger partial charge in [-0.2, -0.15) is 0 Å². The number of hydrogen-bond acceptors (Lipinski definition) is 8. The molecule has 156 valence electrons. The Balaban J connectivity index is 1.66. The molecule has 2 N–H and O–H groups in total. The quantitative estimate of drug-likeness (QED) is 0.236. The average Bonchev–Trinajstić information content (AvgIpc) is 3.24. The molecule has 1 aromatic carbocycles. The van der Waals surface area contributed by atoms with Crippen LogP contribution in [0.2, 0.25) is 0 Å². The fourth-order valence-electron chi connectivity index (χ4n) is 2.98. The van der Waals surface area contributed by atoms with Gasteiger partial charge in [0.05, 0.1) is 33.9 Å². The van der Waals surface area contributed by atoms with Gasteiger partial charge in [0.25, 0.3) is 5.69 Å². The van der Waals surface area contributed by atoms with E-state index in [0.29, 0.717) is 23.4 Å². The summed E-state index contributed by atoms with van der Waals surface area (Å²) in [6.07, 6.45) is 0.794. The SMILES string of the molecule is COC(=O)c1ccccc1NC(O)CC(C)c1ccc(-c2ccc([N+](=O)[O-])cn2)s1.